The number of hydrogen-bond donors (Lipinski definition) is 1. The highest BCUT2D eigenvalue weighted by atomic mass is 16.3. The zero-order valence-electron chi connectivity index (χ0n) is 12.5. The van der Waals surface area contributed by atoms with Gasteiger partial charge in [0.1, 0.15) is 0 Å². The van der Waals surface area contributed by atoms with Crippen LogP contribution in [-0.2, 0) is 0 Å². The number of β-amino-alcohol motifs (C(OH)–C–C–N with tert-alkyl or cyclic N) is 1. The van der Waals surface area contributed by atoms with E-state index < -0.39 is 0 Å². The van der Waals surface area contributed by atoms with Crippen molar-refractivity contribution in [2.24, 2.45) is 17.3 Å². The van der Waals surface area contributed by atoms with Crippen LogP contribution in [0.1, 0.15) is 59.3 Å². The third-order valence-corrected chi connectivity index (χ3v) is 5.20. The molecule has 1 heterocycles. The number of hydrogen-bond acceptors (Lipinski definition) is 2. The fourth-order valence-electron chi connectivity index (χ4n) is 3.74. The summed E-state index contributed by atoms with van der Waals surface area (Å²) in [5.74, 6) is 1.45. The first-order valence-electron chi connectivity index (χ1n) is 7.87. The van der Waals surface area contributed by atoms with Gasteiger partial charge < -0.3 is 10.0 Å². The van der Waals surface area contributed by atoms with E-state index in [0.717, 1.165) is 12.5 Å². The van der Waals surface area contributed by atoms with Gasteiger partial charge in [0.05, 0.1) is 6.10 Å². The number of aliphatic hydroxyl groups is 1. The average molecular weight is 253 g/mol. The molecule has 0 amide bonds. The number of piperidine rings is 1. The molecule has 2 rings (SSSR count). The summed E-state index contributed by atoms with van der Waals surface area (Å²) in [7, 11) is 0. The lowest BCUT2D eigenvalue weighted by Crippen LogP contribution is -2.43. The van der Waals surface area contributed by atoms with E-state index in [4.69, 9.17) is 0 Å². The van der Waals surface area contributed by atoms with Gasteiger partial charge in [-0.25, -0.2) is 0 Å². The molecule has 1 saturated carbocycles. The van der Waals surface area contributed by atoms with Crippen LogP contribution in [0.3, 0.4) is 0 Å². The first kappa shape index (κ1) is 14.3. The van der Waals surface area contributed by atoms with E-state index in [-0.39, 0.29) is 6.10 Å². The summed E-state index contributed by atoms with van der Waals surface area (Å²) in [5, 5.41) is 10.3. The second-order valence-electron chi connectivity index (χ2n) is 7.55. The van der Waals surface area contributed by atoms with Gasteiger partial charge in [0.25, 0.3) is 0 Å². The molecule has 1 aliphatic carbocycles. The standard InChI is InChI=1S/C16H31NO/c1-16(2,3)14-8-10-17(11-9-14)12-15(18)13-6-4-5-7-13/h13-15,18H,4-12H2,1-3H3. The second-order valence-corrected chi connectivity index (χ2v) is 7.55. The molecule has 0 aromatic heterocycles. The number of aliphatic hydroxyl groups excluding tert-OH is 1. The van der Waals surface area contributed by atoms with Crippen LogP contribution in [0.4, 0.5) is 0 Å². The van der Waals surface area contributed by atoms with Crippen molar-refractivity contribution in [1.82, 2.24) is 4.90 Å². The van der Waals surface area contributed by atoms with Crippen LogP contribution in [0.5, 0.6) is 0 Å². The molecule has 0 spiro atoms. The van der Waals surface area contributed by atoms with Crippen LogP contribution in [0, 0.1) is 17.3 Å². The minimum atomic E-state index is -0.0707. The summed E-state index contributed by atoms with van der Waals surface area (Å²) in [5.41, 5.74) is 0.455. The van der Waals surface area contributed by atoms with E-state index in [1.165, 1.54) is 51.6 Å². The van der Waals surface area contributed by atoms with Gasteiger partial charge in [0.2, 0.25) is 0 Å². The SMILES string of the molecule is CC(C)(C)C1CCN(CC(O)C2CCCC2)CC1. The Morgan fingerprint density at radius 2 is 1.61 bits per heavy atom. The van der Waals surface area contributed by atoms with Crippen LogP contribution in [0.2, 0.25) is 0 Å². The van der Waals surface area contributed by atoms with Crippen LogP contribution < -0.4 is 0 Å². The van der Waals surface area contributed by atoms with E-state index in [1.807, 2.05) is 0 Å². The maximum Gasteiger partial charge on any atom is 0.0695 e. The van der Waals surface area contributed by atoms with Crippen molar-refractivity contribution in [2.45, 2.75) is 65.4 Å². The summed E-state index contributed by atoms with van der Waals surface area (Å²) in [6, 6.07) is 0. The molecule has 18 heavy (non-hydrogen) atoms. The topological polar surface area (TPSA) is 23.5 Å². The van der Waals surface area contributed by atoms with Crippen molar-refractivity contribution in [2.75, 3.05) is 19.6 Å². The normalized spacial score (nSPS) is 26.7. The molecule has 1 aliphatic heterocycles. The van der Waals surface area contributed by atoms with Crippen molar-refractivity contribution < 1.29 is 5.11 Å². The first-order valence-corrected chi connectivity index (χ1v) is 7.87. The Morgan fingerprint density at radius 1 is 1.06 bits per heavy atom. The lowest BCUT2D eigenvalue weighted by atomic mass is 9.75. The van der Waals surface area contributed by atoms with E-state index in [9.17, 15) is 5.11 Å². The van der Waals surface area contributed by atoms with Gasteiger partial charge >= 0.3 is 0 Å². The highest BCUT2D eigenvalue weighted by molar-refractivity contribution is 4.83. The molecule has 1 atom stereocenters. The lowest BCUT2D eigenvalue weighted by Gasteiger charge is -2.39. The second kappa shape index (κ2) is 5.92. The summed E-state index contributed by atoms with van der Waals surface area (Å²) in [6.07, 6.45) is 7.70. The number of likely N-dealkylation sites (tertiary alicyclic amines) is 1. The Hall–Kier alpha value is -0.0800. The Morgan fingerprint density at radius 3 is 2.11 bits per heavy atom. The molecule has 1 N–H and O–H groups in total. The molecule has 1 unspecified atom stereocenters. The zero-order valence-corrected chi connectivity index (χ0v) is 12.5. The molecule has 2 heteroatoms. The Labute approximate surface area is 113 Å². The third kappa shape index (κ3) is 3.71. The van der Waals surface area contributed by atoms with Gasteiger partial charge in [0.15, 0.2) is 0 Å². The molecule has 1 saturated heterocycles. The highest BCUT2D eigenvalue weighted by Gasteiger charge is 2.31. The van der Waals surface area contributed by atoms with Crippen molar-refractivity contribution in [3.05, 3.63) is 0 Å². The highest BCUT2D eigenvalue weighted by Crippen LogP contribution is 2.35. The van der Waals surface area contributed by atoms with E-state index in [1.54, 1.807) is 0 Å². The number of nitrogens with zero attached hydrogens (tertiary/aromatic N) is 1. The molecule has 0 aromatic rings. The summed E-state index contributed by atoms with van der Waals surface area (Å²) in [6.45, 7) is 10.4. The molecule has 106 valence electrons. The third-order valence-electron chi connectivity index (χ3n) is 5.20. The van der Waals surface area contributed by atoms with Gasteiger partial charge in [0, 0.05) is 6.54 Å². The largest absolute Gasteiger partial charge is 0.392 e. The first-order chi connectivity index (χ1) is 8.47. The van der Waals surface area contributed by atoms with Gasteiger partial charge in [-0.3, -0.25) is 0 Å². The number of rotatable bonds is 3. The monoisotopic (exact) mass is 253 g/mol. The summed E-state index contributed by atoms with van der Waals surface area (Å²) in [4.78, 5) is 2.49. The molecule has 0 bridgehead atoms. The molecular formula is C16H31NO. The molecule has 2 fully saturated rings. The molecule has 0 radical (unpaired) electrons. The minimum Gasteiger partial charge on any atom is -0.392 e. The molecule has 0 aromatic carbocycles. The Bertz CT molecular complexity index is 244. The van der Waals surface area contributed by atoms with Crippen LogP contribution >= 0.6 is 0 Å². The minimum absolute atomic E-state index is 0.0707. The fraction of sp³-hybridized carbons (Fsp3) is 1.00. The van der Waals surface area contributed by atoms with Crippen molar-refractivity contribution in [3.63, 3.8) is 0 Å². The average Bonchev–Trinajstić information content (AvgIpc) is 2.82. The van der Waals surface area contributed by atoms with E-state index in [0.29, 0.717) is 11.3 Å². The maximum atomic E-state index is 10.3. The van der Waals surface area contributed by atoms with Gasteiger partial charge in [-0.15, -0.1) is 0 Å². The molecule has 2 nitrogen and oxygen atoms in total. The van der Waals surface area contributed by atoms with Gasteiger partial charge in [-0.2, -0.15) is 0 Å². The van der Waals surface area contributed by atoms with Crippen molar-refractivity contribution in [1.29, 1.82) is 0 Å². The lowest BCUT2D eigenvalue weighted by molar-refractivity contribution is 0.0386. The van der Waals surface area contributed by atoms with E-state index >= 15 is 0 Å². The summed E-state index contributed by atoms with van der Waals surface area (Å²) >= 11 is 0. The Balaban J connectivity index is 1.73. The predicted octanol–water partition coefficient (Wildman–Crippen LogP) is 3.30. The quantitative estimate of drug-likeness (QED) is 0.834. The van der Waals surface area contributed by atoms with Crippen molar-refractivity contribution in [3.8, 4) is 0 Å². The predicted molar refractivity (Wildman–Crippen MR) is 76.6 cm³/mol. The van der Waals surface area contributed by atoms with Crippen LogP contribution in [0.25, 0.3) is 0 Å². The zero-order chi connectivity index (χ0) is 13.2. The summed E-state index contributed by atoms with van der Waals surface area (Å²) < 4.78 is 0. The maximum absolute atomic E-state index is 10.3. The van der Waals surface area contributed by atoms with E-state index in [2.05, 4.69) is 25.7 Å². The molecular weight excluding hydrogens is 222 g/mol. The van der Waals surface area contributed by atoms with Crippen molar-refractivity contribution >= 4 is 0 Å². The van der Waals surface area contributed by atoms with Crippen LogP contribution in [0.15, 0.2) is 0 Å². The van der Waals surface area contributed by atoms with Crippen LogP contribution in [-0.4, -0.2) is 35.7 Å². The fourth-order valence-corrected chi connectivity index (χ4v) is 3.74. The van der Waals surface area contributed by atoms with Gasteiger partial charge in [-0.05, 0) is 56.0 Å². The smallest absolute Gasteiger partial charge is 0.0695 e. The molecule has 2 aliphatic rings. The Kier molecular flexibility index (Phi) is 4.71. The van der Waals surface area contributed by atoms with Gasteiger partial charge in [-0.1, -0.05) is 33.6 Å².